The van der Waals surface area contributed by atoms with E-state index in [9.17, 15) is 19.2 Å². The van der Waals surface area contributed by atoms with Gasteiger partial charge in [-0.25, -0.2) is 0 Å². The van der Waals surface area contributed by atoms with Gasteiger partial charge in [0.05, 0.1) is 11.4 Å². The maximum Gasteiger partial charge on any atom is 0.303 e. The normalized spacial score (nSPS) is 22.3. The van der Waals surface area contributed by atoms with Crippen molar-refractivity contribution in [1.82, 2.24) is 10.2 Å². The van der Waals surface area contributed by atoms with Gasteiger partial charge in [-0.3, -0.25) is 19.2 Å². The highest BCUT2D eigenvalue weighted by atomic mass is 32.2. The van der Waals surface area contributed by atoms with Crippen LogP contribution >= 0.6 is 11.8 Å². The highest BCUT2D eigenvalue weighted by Gasteiger charge is 2.53. The molecular formula is C27H32N2O9S. The van der Waals surface area contributed by atoms with Crippen LogP contribution in [0.1, 0.15) is 51.3 Å². The van der Waals surface area contributed by atoms with Crippen molar-refractivity contribution < 1.29 is 42.9 Å². The molecule has 210 valence electrons. The fourth-order valence-corrected chi connectivity index (χ4v) is 5.45. The molecule has 2 heterocycles. The third-order valence-corrected chi connectivity index (χ3v) is 7.15. The molecule has 12 heteroatoms. The SMILES string of the molecule is CCc1ccc(Cc2ccnnc2O[C@@H]2S[C@H](COC(C)=O)[C@@H](OC(C)=O)[C@H](OC(C)=O)[C@H]2OC(C)=O)cc1. The van der Waals surface area contributed by atoms with E-state index in [1.807, 2.05) is 12.1 Å². The van der Waals surface area contributed by atoms with Crippen LogP contribution in [0.3, 0.4) is 0 Å². The zero-order chi connectivity index (χ0) is 28.5. The zero-order valence-electron chi connectivity index (χ0n) is 22.4. The molecule has 1 aliphatic rings. The summed E-state index contributed by atoms with van der Waals surface area (Å²) in [6.45, 7) is 6.72. The molecule has 3 rings (SSSR count). The first-order chi connectivity index (χ1) is 18.6. The van der Waals surface area contributed by atoms with E-state index in [-0.39, 0.29) is 12.5 Å². The first-order valence-electron chi connectivity index (χ1n) is 12.4. The van der Waals surface area contributed by atoms with Crippen LogP contribution in [0.5, 0.6) is 5.88 Å². The van der Waals surface area contributed by atoms with Gasteiger partial charge in [0.1, 0.15) is 6.61 Å². The number of aryl methyl sites for hydroxylation is 1. The number of hydrogen-bond acceptors (Lipinski definition) is 12. The maximum atomic E-state index is 12.1. The first kappa shape index (κ1) is 29.9. The smallest absolute Gasteiger partial charge is 0.303 e. The van der Waals surface area contributed by atoms with Crippen molar-refractivity contribution in [3.05, 3.63) is 53.2 Å². The quantitative estimate of drug-likeness (QED) is 0.312. The van der Waals surface area contributed by atoms with Crippen LogP contribution in [0.15, 0.2) is 36.5 Å². The molecule has 39 heavy (non-hydrogen) atoms. The Morgan fingerprint density at radius 3 is 1.97 bits per heavy atom. The predicted octanol–water partition coefficient (Wildman–Crippen LogP) is 2.81. The number of thioether (sulfide) groups is 1. The molecule has 0 radical (unpaired) electrons. The molecule has 0 aliphatic carbocycles. The van der Waals surface area contributed by atoms with E-state index >= 15 is 0 Å². The lowest BCUT2D eigenvalue weighted by atomic mass is 10.0. The van der Waals surface area contributed by atoms with Gasteiger partial charge in [0.15, 0.2) is 23.7 Å². The molecule has 0 amide bonds. The Kier molecular flexibility index (Phi) is 10.7. The molecule has 11 nitrogen and oxygen atoms in total. The number of nitrogens with zero attached hydrogens (tertiary/aromatic N) is 2. The van der Waals surface area contributed by atoms with Gasteiger partial charge in [0.2, 0.25) is 5.88 Å². The van der Waals surface area contributed by atoms with Gasteiger partial charge in [-0.15, -0.1) is 16.9 Å². The van der Waals surface area contributed by atoms with Crippen LogP contribution in [0, 0.1) is 0 Å². The molecule has 0 spiro atoms. The van der Waals surface area contributed by atoms with Crippen molar-refractivity contribution in [3.8, 4) is 5.88 Å². The summed E-state index contributed by atoms with van der Waals surface area (Å²) >= 11 is 1.11. The molecule has 0 saturated carbocycles. The lowest BCUT2D eigenvalue weighted by Crippen LogP contribution is -2.59. The second kappa shape index (κ2) is 13.9. The third kappa shape index (κ3) is 8.67. The molecular weight excluding hydrogens is 528 g/mol. The molecule has 1 aromatic heterocycles. The van der Waals surface area contributed by atoms with E-state index in [1.54, 1.807) is 12.3 Å². The molecule has 5 atom stereocenters. The molecule has 1 fully saturated rings. The number of hydrogen-bond donors (Lipinski definition) is 0. The van der Waals surface area contributed by atoms with Crippen LogP contribution < -0.4 is 4.74 Å². The predicted molar refractivity (Wildman–Crippen MR) is 140 cm³/mol. The van der Waals surface area contributed by atoms with Crippen LogP contribution in [0.25, 0.3) is 0 Å². The molecule has 2 aromatic rings. The number of benzene rings is 1. The molecule has 1 aliphatic heterocycles. The van der Waals surface area contributed by atoms with Crippen LogP contribution in [0.4, 0.5) is 0 Å². The van der Waals surface area contributed by atoms with Crippen molar-refractivity contribution in [3.63, 3.8) is 0 Å². The number of rotatable bonds is 10. The van der Waals surface area contributed by atoms with Crippen molar-refractivity contribution in [2.75, 3.05) is 6.61 Å². The second-order valence-electron chi connectivity index (χ2n) is 8.89. The minimum Gasteiger partial charge on any atom is -0.465 e. The van der Waals surface area contributed by atoms with E-state index in [2.05, 4.69) is 29.3 Å². The molecule has 1 saturated heterocycles. The molecule has 1 aromatic carbocycles. The highest BCUT2D eigenvalue weighted by molar-refractivity contribution is 8.00. The fraction of sp³-hybridized carbons (Fsp3) is 0.481. The summed E-state index contributed by atoms with van der Waals surface area (Å²) < 4.78 is 28.0. The number of carbonyl (C=O) groups is 4. The summed E-state index contributed by atoms with van der Waals surface area (Å²) in [6, 6.07) is 9.92. The van der Waals surface area contributed by atoms with Crippen molar-refractivity contribution in [2.24, 2.45) is 0 Å². The van der Waals surface area contributed by atoms with Gasteiger partial charge in [0, 0.05) is 39.7 Å². The Balaban J connectivity index is 1.97. The highest BCUT2D eigenvalue weighted by Crippen LogP contribution is 2.39. The topological polar surface area (TPSA) is 140 Å². The van der Waals surface area contributed by atoms with Crippen LogP contribution in [-0.2, 0) is 51.0 Å². The summed E-state index contributed by atoms with van der Waals surface area (Å²) in [5.41, 5.74) is 1.98. The van der Waals surface area contributed by atoms with Gasteiger partial charge < -0.3 is 23.7 Å². The number of carbonyl (C=O) groups excluding carboxylic acids is 4. The maximum absolute atomic E-state index is 12.1. The summed E-state index contributed by atoms with van der Waals surface area (Å²) in [6.07, 6.45) is -0.573. The Bertz CT molecular complexity index is 1170. The van der Waals surface area contributed by atoms with Gasteiger partial charge in [-0.2, -0.15) is 5.10 Å². The standard InChI is InChI=1S/C27H32N2O9S/c1-6-19-7-9-20(10-8-19)13-21-11-12-28-29-26(21)38-27-25(37-18(5)33)24(36-17(4)32)23(35-16(3)31)22(39-27)14-34-15(2)30/h7-12,22-25,27H,6,13-14H2,1-5H3/t22-,23-,24+,25-,27-/m1/s1. The van der Waals surface area contributed by atoms with Gasteiger partial charge in [0.25, 0.3) is 0 Å². The van der Waals surface area contributed by atoms with Crippen LogP contribution in [0.2, 0.25) is 0 Å². The average Bonchev–Trinajstić information content (AvgIpc) is 2.87. The zero-order valence-corrected chi connectivity index (χ0v) is 23.3. The van der Waals surface area contributed by atoms with Crippen molar-refractivity contribution in [2.45, 2.75) is 76.5 Å². The van der Waals surface area contributed by atoms with Gasteiger partial charge in [-0.05, 0) is 23.6 Å². The summed E-state index contributed by atoms with van der Waals surface area (Å²) in [5, 5.41) is 7.39. The van der Waals surface area contributed by atoms with Crippen LogP contribution in [-0.4, -0.2) is 69.7 Å². The second-order valence-corrected chi connectivity index (χ2v) is 10.2. The minimum atomic E-state index is -1.25. The van der Waals surface area contributed by atoms with Crippen molar-refractivity contribution in [1.29, 1.82) is 0 Å². The van der Waals surface area contributed by atoms with E-state index in [0.29, 0.717) is 6.42 Å². The van der Waals surface area contributed by atoms with Gasteiger partial charge in [-0.1, -0.05) is 31.2 Å². The minimum absolute atomic E-state index is 0.181. The Morgan fingerprint density at radius 2 is 1.38 bits per heavy atom. The monoisotopic (exact) mass is 560 g/mol. The third-order valence-electron chi connectivity index (χ3n) is 5.77. The Morgan fingerprint density at radius 1 is 0.795 bits per heavy atom. The van der Waals surface area contributed by atoms with Gasteiger partial charge >= 0.3 is 23.9 Å². The largest absolute Gasteiger partial charge is 0.465 e. The van der Waals surface area contributed by atoms with E-state index in [0.717, 1.165) is 29.3 Å². The summed E-state index contributed by atoms with van der Waals surface area (Å²) in [4.78, 5) is 47.7. The lowest BCUT2D eigenvalue weighted by molar-refractivity contribution is -0.190. The molecule has 0 N–H and O–H groups in total. The fourth-order valence-electron chi connectivity index (χ4n) is 4.08. The van der Waals surface area contributed by atoms with E-state index in [1.165, 1.54) is 33.3 Å². The number of esters is 4. The lowest BCUT2D eigenvalue weighted by Gasteiger charge is -2.43. The number of aromatic nitrogens is 2. The average molecular weight is 561 g/mol. The molecule has 0 unspecified atom stereocenters. The van der Waals surface area contributed by atoms with E-state index < -0.39 is 52.9 Å². The Hall–Kier alpha value is -3.67. The Labute approximate surface area is 230 Å². The van der Waals surface area contributed by atoms with Crippen molar-refractivity contribution >= 4 is 35.6 Å². The van der Waals surface area contributed by atoms with E-state index in [4.69, 9.17) is 23.7 Å². The summed E-state index contributed by atoms with van der Waals surface area (Å²) in [7, 11) is 0. The number of ether oxygens (including phenoxy) is 5. The summed E-state index contributed by atoms with van der Waals surface area (Å²) in [5.74, 6) is -2.38. The molecule has 0 bridgehead atoms. The first-order valence-corrected chi connectivity index (χ1v) is 13.4.